The van der Waals surface area contributed by atoms with Crippen molar-refractivity contribution in [3.63, 3.8) is 0 Å². The Bertz CT molecular complexity index is 1140. The van der Waals surface area contributed by atoms with Gasteiger partial charge in [0.15, 0.2) is 11.5 Å². The molecule has 6 nitrogen and oxygen atoms in total. The third-order valence-electron chi connectivity index (χ3n) is 5.64. The summed E-state index contributed by atoms with van der Waals surface area (Å²) in [6.45, 7) is 5.04. The minimum absolute atomic E-state index is 0.430. The van der Waals surface area contributed by atoms with Crippen molar-refractivity contribution in [1.82, 2.24) is 0 Å². The molecule has 0 unspecified atom stereocenters. The molecule has 168 valence electrons. The summed E-state index contributed by atoms with van der Waals surface area (Å²) < 4.78 is 34.7. The van der Waals surface area contributed by atoms with Gasteiger partial charge in [0.05, 0.1) is 52.9 Å². The molecule has 0 aromatic heterocycles. The van der Waals surface area contributed by atoms with Crippen LogP contribution in [-0.4, -0.2) is 66.1 Å². The number of hydrogen-bond acceptors (Lipinski definition) is 6. The lowest BCUT2D eigenvalue weighted by Crippen LogP contribution is -2.16. The van der Waals surface area contributed by atoms with Gasteiger partial charge in [-0.05, 0) is 33.7 Å². The van der Waals surface area contributed by atoms with Crippen LogP contribution in [0.2, 0.25) is 0 Å². The quantitative estimate of drug-likeness (QED) is 0.381. The van der Waals surface area contributed by atoms with Crippen LogP contribution >= 0.6 is 0 Å². The fourth-order valence-corrected chi connectivity index (χ4v) is 4.19. The molecule has 0 N–H and O–H groups in total. The number of fused-ring (bicyclic) bond motifs is 2. The lowest BCUT2D eigenvalue weighted by molar-refractivity contribution is -0.00833. The van der Waals surface area contributed by atoms with Crippen molar-refractivity contribution in [2.75, 3.05) is 66.1 Å². The van der Waals surface area contributed by atoms with Crippen LogP contribution in [0.4, 0.5) is 0 Å². The monoisotopic (exact) mass is 436 g/mol. The number of rotatable bonds is 0. The highest BCUT2D eigenvalue weighted by atomic mass is 16.6. The summed E-state index contributed by atoms with van der Waals surface area (Å²) in [6.07, 6.45) is 0. The van der Waals surface area contributed by atoms with Crippen molar-refractivity contribution in [2.24, 2.45) is 0 Å². The Morgan fingerprint density at radius 2 is 1.00 bits per heavy atom. The van der Waals surface area contributed by atoms with Gasteiger partial charge in [-0.15, -0.1) is 0 Å². The van der Waals surface area contributed by atoms with Gasteiger partial charge in [-0.25, -0.2) is 0 Å². The molecule has 32 heavy (non-hydrogen) atoms. The van der Waals surface area contributed by atoms with Gasteiger partial charge in [-0.2, -0.15) is 0 Å². The van der Waals surface area contributed by atoms with Crippen LogP contribution in [0.25, 0.3) is 32.3 Å². The first-order valence-corrected chi connectivity index (χ1v) is 11.2. The van der Waals surface area contributed by atoms with E-state index >= 15 is 0 Å². The van der Waals surface area contributed by atoms with E-state index in [1.165, 1.54) is 21.5 Å². The number of hydrogen-bond donors (Lipinski definition) is 0. The lowest BCUT2D eigenvalue weighted by Gasteiger charge is -2.19. The van der Waals surface area contributed by atoms with Crippen molar-refractivity contribution in [1.29, 1.82) is 0 Å². The Labute approximate surface area is 187 Å². The molecule has 0 fully saturated rings. The normalized spacial score (nSPS) is 18.0. The SMILES string of the molecule is c1cc2ccc3cc4c(c5ccc(c1)c2c35)OCCOCCOCCOCCOCCO4. The van der Waals surface area contributed by atoms with Gasteiger partial charge in [0.2, 0.25) is 0 Å². The molecule has 0 bridgehead atoms. The molecular formula is C26H28O6. The van der Waals surface area contributed by atoms with Gasteiger partial charge < -0.3 is 28.4 Å². The zero-order valence-electron chi connectivity index (χ0n) is 18.1. The summed E-state index contributed by atoms with van der Waals surface area (Å²) >= 11 is 0. The summed E-state index contributed by atoms with van der Waals surface area (Å²) in [4.78, 5) is 0. The second-order valence-corrected chi connectivity index (χ2v) is 7.71. The van der Waals surface area contributed by atoms with Crippen LogP contribution < -0.4 is 9.47 Å². The van der Waals surface area contributed by atoms with Gasteiger partial charge in [0.25, 0.3) is 0 Å². The highest BCUT2D eigenvalue weighted by Gasteiger charge is 2.17. The van der Waals surface area contributed by atoms with Crippen LogP contribution in [0.3, 0.4) is 0 Å². The summed E-state index contributed by atoms with van der Waals surface area (Å²) in [6, 6.07) is 17.1. The molecule has 0 spiro atoms. The zero-order chi connectivity index (χ0) is 21.6. The van der Waals surface area contributed by atoms with Crippen molar-refractivity contribution in [3.8, 4) is 11.5 Å². The summed E-state index contributed by atoms with van der Waals surface area (Å²) in [5.74, 6) is 1.47. The van der Waals surface area contributed by atoms with Crippen molar-refractivity contribution in [2.45, 2.75) is 0 Å². The molecule has 1 aliphatic heterocycles. The minimum atomic E-state index is 0.430. The highest BCUT2D eigenvalue weighted by Crippen LogP contribution is 2.43. The molecule has 0 radical (unpaired) electrons. The van der Waals surface area contributed by atoms with Gasteiger partial charge >= 0.3 is 0 Å². The molecule has 4 aromatic rings. The van der Waals surface area contributed by atoms with Gasteiger partial charge in [0.1, 0.15) is 13.2 Å². The fourth-order valence-electron chi connectivity index (χ4n) is 4.19. The third kappa shape index (κ3) is 4.59. The molecule has 0 saturated heterocycles. The van der Waals surface area contributed by atoms with Crippen molar-refractivity contribution >= 4 is 32.3 Å². The standard InChI is InChI=1S/C26H28O6/c1-2-19-4-5-21-18-23-26(22-7-6-20(3-1)24(19)25(21)22)32-17-15-30-13-11-28-9-8-27-10-12-29-14-16-31-23/h1-7,18H,8-17H2. The molecule has 4 aromatic carbocycles. The van der Waals surface area contributed by atoms with E-state index in [0.29, 0.717) is 66.1 Å². The molecular weight excluding hydrogens is 408 g/mol. The van der Waals surface area contributed by atoms with E-state index in [1.54, 1.807) is 0 Å². The second kappa shape index (κ2) is 10.3. The Morgan fingerprint density at radius 3 is 1.66 bits per heavy atom. The van der Waals surface area contributed by atoms with E-state index < -0.39 is 0 Å². The van der Waals surface area contributed by atoms with E-state index in [2.05, 4.69) is 48.5 Å². The summed E-state index contributed by atoms with van der Waals surface area (Å²) in [5.41, 5.74) is 0. The van der Waals surface area contributed by atoms with E-state index in [9.17, 15) is 0 Å². The number of benzene rings is 4. The average molecular weight is 437 g/mol. The van der Waals surface area contributed by atoms with Gasteiger partial charge in [-0.1, -0.05) is 36.4 Å². The molecule has 0 atom stereocenters. The van der Waals surface area contributed by atoms with Gasteiger partial charge in [0, 0.05) is 10.8 Å². The fraction of sp³-hybridized carbons (Fsp3) is 0.385. The minimum Gasteiger partial charge on any atom is -0.487 e. The van der Waals surface area contributed by atoms with E-state index in [4.69, 9.17) is 28.4 Å². The molecule has 5 rings (SSSR count). The topological polar surface area (TPSA) is 55.4 Å². The molecule has 1 heterocycles. The first-order valence-electron chi connectivity index (χ1n) is 11.2. The Kier molecular flexibility index (Phi) is 6.84. The molecule has 0 amide bonds. The van der Waals surface area contributed by atoms with E-state index in [-0.39, 0.29) is 0 Å². The van der Waals surface area contributed by atoms with Crippen LogP contribution in [-0.2, 0) is 18.9 Å². The van der Waals surface area contributed by atoms with Gasteiger partial charge in [-0.3, -0.25) is 0 Å². The Hall–Kier alpha value is -2.64. The maximum atomic E-state index is 6.24. The first-order chi connectivity index (χ1) is 15.9. The maximum absolute atomic E-state index is 6.24. The predicted octanol–water partition coefficient (Wildman–Crippen LogP) is 4.42. The smallest absolute Gasteiger partial charge is 0.169 e. The Morgan fingerprint density at radius 1 is 0.469 bits per heavy atom. The van der Waals surface area contributed by atoms with Crippen LogP contribution in [0.1, 0.15) is 0 Å². The van der Waals surface area contributed by atoms with Crippen LogP contribution in [0.15, 0.2) is 48.5 Å². The van der Waals surface area contributed by atoms with Crippen LogP contribution in [0, 0.1) is 0 Å². The zero-order valence-corrected chi connectivity index (χ0v) is 18.1. The molecule has 1 aliphatic rings. The van der Waals surface area contributed by atoms with E-state index in [1.807, 2.05) is 0 Å². The lowest BCUT2D eigenvalue weighted by atomic mass is 9.93. The molecule has 0 saturated carbocycles. The van der Waals surface area contributed by atoms with E-state index in [0.717, 1.165) is 22.3 Å². The average Bonchev–Trinajstić information content (AvgIpc) is 2.82. The largest absolute Gasteiger partial charge is 0.487 e. The predicted molar refractivity (Wildman–Crippen MR) is 124 cm³/mol. The van der Waals surface area contributed by atoms with Crippen molar-refractivity contribution in [3.05, 3.63) is 48.5 Å². The summed E-state index contributed by atoms with van der Waals surface area (Å²) in [7, 11) is 0. The molecule has 0 aliphatic carbocycles. The second-order valence-electron chi connectivity index (χ2n) is 7.71. The maximum Gasteiger partial charge on any atom is 0.169 e. The number of ether oxygens (including phenoxy) is 6. The third-order valence-corrected chi connectivity index (χ3v) is 5.64. The molecule has 6 heteroatoms. The van der Waals surface area contributed by atoms with Crippen LogP contribution in [0.5, 0.6) is 11.5 Å². The van der Waals surface area contributed by atoms with Crippen molar-refractivity contribution < 1.29 is 28.4 Å². The first kappa shape index (κ1) is 21.2. The Balaban J connectivity index is 1.46. The summed E-state index contributed by atoms with van der Waals surface area (Å²) in [5, 5.41) is 7.09. The highest BCUT2D eigenvalue weighted by molar-refractivity contribution is 6.24.